The molecule has 1 fully saturated rings. The summed E-state index contributed by atoms with van der Waals surface area (Å²) in [5.41, 5.74) is 1.06. The zero-order valence-electron chi connectivity index (χ0n) is 17.6. The molecule has 1 N–H and O–H groups in total. The molecule has 0 spiro atoms. The molecule has 8 nitrogen and oxygen atoms in total. The number of aryl methyl sites for hydroxylation is 2. The van der Waals surface area contributed by atoms with Crippen molar-refractivity contribution in [2.75, 3.05) is 36.4 Å². The zero-order chi connectivity index (χ0) is 22.9. The van der Waals surface area contributed by atoms with Crippen molar-refractivity contribution in [3.63, 3.8) is 0 Å². The van der Waals surface area contributed by atoms with Gasteiger partial charge >= 0.3 is 0 Å². The van der Waals surface area contributed by atoms with Crippen LogP contribution in [-0.2, 0) is 10.0 Å². The number of pyridine rings is 1. The average Bonchev–Trinajstić information content (AvgIpc) is 2.73. The minimum atomic E-state index is -4.00. The molecule has 0 aliphatic carbocycles. The van der Waals surface area contributed by atoms with Crippen molar-refractivity contribution in [1.82, 2.24) is 19.3 Å². The Morgan fingerprint density at radius 2 is 1.59 bits per heavy atom. The van der Waals surface area contributed by atoms with Crippen LogP contribution in [0.3, 0.4) is 0 Å². The normalized spacial score (nSPS) is 15.1. The summed E-state index contributed by atoms with van der Waals surface area (Å²) in [5.74, 6) is 0.594. The van der Waals surface area contributed by atoms with Crippen molar-refractivity contribution in [2.24, 2.45) is 0 Å². The highest BCUT2D eigenvalue weighted by atomic mass is 32.2. The number of piperazine rings is 1. The van der Waals surface area contributed by atoms with Gasteiger partial charge in [0.1, 0.15) is 34.9 Å². The lowest BCUT2D eigenvalue weighted by Crippen LogP contribution is -2.49. The second-order valence-corrected chi connectivity index (χ2v) is 9.44. The summed E-state index contributed by atoms with van der Waals surface area (Å²) in [4.78, 5) is 14.7. The van der Waals surface area contributed by atoms with E-state index in [0.717, 1.165) is 17.7 Å². The van der Waals surface area contributed by atoms with Crippen LogP contribution in [0.15, 0.2) is 47.5 Å². The number of hydrogen-bond donors (Lipinski definition) is 1. The minimum absolute atomic E-state index is 0.158. The molecule has 1 saturated heterocycles. The van der Waals surface area contributed by atoms with Gasteiger partial charge in [0, 0.05) is 44.5 Å². The smallest absolute Gasteiger partial charge is 0.243 e. The maximum atomic E-state index is 13.5. The fraction of sp³-hybridized carbons (Fsp3) is 0.286. The van der Waals surface area contributed by atoms with Gasteiger partial charge in [-0.2, -0.15) is 4.31 Å². The van der Waals surface area contributed by atoms with Gasteiger partial charge in [-0.05, 0) is 43.7 Å². The Hall–Kier alpha value is -3.18. The van der Waals surface area contributed by atoms with Gasteiger partial charge in [-0.25, -0.2) is 32.2 Å². The van der Waals surface area contributed by atoms with Gasteiger partial charge in [0.15, 0.2) is 0 Å². The van der Waals surface area contributed by atoms with Gasteiger partial charge in [-0.1, -0.05) is 0 Å². The van der Waals surface area contributed by atoms with E-state index >= 15 is 0 Å². The topological polar surface area (TPSA) is 91.3 Å². The summed E-state index contributed by atoms with van der Waals surface area (Å²) in [6.07, 6.45) is 1.71. The monoisotopic (exact) mass is 460 g/mol. The molecule has 3 aromatic rings. The summed E-state index contributed by atoms with van der Waals surface area (Å²) in [6, 6.07) is 7.88. The standard InChI is InChI=1S/C21H22F2N6O2S/c1-14-3-4-24-19(9-14)27-20-13-21(26-15(2)25-20)28-5-7-29(8-6-28)32(30,31)18-11-16(22)10-17(23)12-18/h3-4,9-13H,5-8H2,1-2H3,(H,24,25,26,27). The van der Waals surface area contributed by atoms with Crippen molar-refractivity contribution in [1.29, 1.82) is 0 Å². The maximum Gasteiger partial charge on any atom is 0.243 e. The van der Waals surface area contributed by atoms with Crippen LogP contribution in [0.1, 0.15) is 11.4 Å². The molecular formula is C21H22F2N6O2S. The Kier molecular flexibility index (Phi) is 6.02. The van der Waals surface area contributed by atoms with E-state index in [0.29, 0.717) is 42.4 Å². The number of hydrogen-bond acceptors (Lipinski definition) is 7. The largest absolute Gasteiger partial charge is 0.354 e. The van der Waals surface area contributed by atoms with E-state index in [-0.39, 0.29) is 13.1 Å². The molecule has 1 aliphatic heterocycles. The van der Waals surface area contributed by atoms with Crippen LogP contribution in [0, 0.1) is 25.5 Å². The molecule has 0 saturated carbocycles. The molecular weight excluding hydrogens is 438 g/mol. The second kappa shape index (κ2) is 8.75. The highest BCUT2D eigenvalue weighted by Gasteiger charge is 2.30. The Bertz CT molecular complexity index is 1230. The Balaban J connectivity index is 1.49. The van der Waals surface area contributed by atoms with E-state index in [2.05, 4.69) is 20.3 Å². The van der Waals surface area contributed by atoms with Gasteiger partial charge in [-0.3, -0.25) is 0 Å². The van der Waals surface area contributed by atoms with Crippen molar-refractivity contribution in [2.45, 2.75) is 18.7 Å². The van der Waals surface area contributed by atoms with Crippen LogP contribution in [0.4, 0.5) is 26.2 Å². The third kappa shape index (κ3) is 4.83. The summed E-state index contributed by atoms with van der Waals surface area (Å²) in [7, 11) is -4.00. The third-order valence-electron chi connectivity index (χ3n) is 5.03. The molecule has 0 unspecified atom stereocenters. The molecule has 0 bridgehead atoms. The lowest BCUT2D eigenvalue weighted by molar-refractivity contribution is 0.383. The highest BCUT2D eigenvalue weighted by Crippen LogP contribution is 2.24. The average molecular weight is 461 g/mol. The van der Waals surface area contributed by atoms with Crippen LogP contribution >= 0.6 is 0 Å². The number of benzene rings is 1. The predicted octanol–water partition coefficient (Wildman–Crippen LogP) is 3.02. The fourth-order valence-corrected chi connectivity index (χ4v) is 4.96. The summed E-state index contributed by atoms with van der Waals surface area (Å²) < 4.78 is 53.8. The molecule has 2 aromatic heterocycles. The Morgan fingerprint density at radius 1 is 0.906 bits per heavy atom. The first-order valence-electron chi connectivity index (χ1n) is 9.97. The fourth-order valence-electron chi connectivity index (χ4n) is 3.50. The van der Waals surface area contributed by atoms with Crippen LogP contribution in [0.2, 0.25) is 0 Å². The SMILES string of the molecule is Cc1ccnc(Nc2cc(N3CCN(S(=O)(=O)c4cc(F)cc(F)c4)CC3)nc(C)n2)c1. The second-order valence-electron chi connectivity index (χ2n) is 7.50. The number of anilines is 3. The number of rotatable bonds is 5. The highest BCUT2D eigenvalue weighted by molar-refractivity contribution is 7.89. The minimum Gasteiger partial charge on any atom is -0.354 e. The Morgan fingerprint density at radius 3 is 2.25 bits per heavy atom. The van der Waals surface area contributed by atoms with E-state index < -0.39 is 26.6 Å². The van der Waals surface area contributed by atoms with Crippen LogP contribution < -0.4 is 10.2 Å². The summed E-state index contributed by atoms with van der Waals surface area (Å²) in [6.45, 7) is 4.80. The van der Waals surface area contributed by atoms with Crippen molar-refractivity contribution < 1.29 is 17.2 Å². The molecule has 168 valence electrons. The zero-order valence-corrected chi connectivity index (χ0v) is 18.4. The molecule has 0 radical (unpaired) electrons. The number of halogens is 2. The van der Waals surface area contributed by atoms with Crippen molar-refractivity contribution >= 4 is 27.5 Å². The molecule has 1 aliphatic rings. The molecule has 4 rings (SSSR count). The Labute approximate surface area is 185 Å². The number of nitrogens with one attached hydrogen (secondary N) is 1. The lowest BCUT2D eigenvalue weighted by Gasteiger charge is -2.34. The summed E-state index contributed by atoms with van der Waals surface area (Å²) in [5, 5.41) is 3.16. The summed E-state index contributed by atoms with van der Waals surface area (Å²) >= 11 is 0. The molecule has 1 aromatic carbocycles. The van der Waals surface area contributed by atoms with Gasteiger partial charge in [0.05, 0.1) is 4.90 Å². The van der Waals surface area contributed by atoms with Crippen molar-refractivity contribution in [3.8, 4) is 0 Å². The number of nitrogens with zero attached hydrogens (tertiary/aromatic N) is 5. The van der Waals surface area contributed by atoms with Gasteiger partial charge < -0.3 is 10.2 Å². The third-order valence-corrected chi connectivity index (χ3v) is 6.91. The first kappa shape index (κ1) is 22.0. The molecule has 0 atom stereocenters. The van der Waals surface area contributed by atoms with Crippen LogP contribution in [0.25, 0.3) is 0 Å². The predicted molar refractivity (Wildman–Crippen MR) is 116 cm³/mol. The van der Waals surface area contributed by atoms with Crippen LogP contribution in [-0.4, -0.2) is 53.9 Å². The molecule has 3 heterocycles. The molecule has 11 heteroatoms. The van der Waals surface area contributed by atoms with E-state index in [1.54, 1.807) is 19.2 Å². The van der Waals surface area contributed by atoms with Gasteiger partial charge in [0.2, 0.25) is 10.0 Å². The lowest BCUT2D eigenvalue weighted by atomic mass is 10.3. The van der Waals surface area contributed by atoms with Crippen molar-refractivity contribution in [3.05, 3.63) is 65.6 Å². The van der Waals surface area contributed by atoms with Gasteiger partial charge in [0.25, 0.3) is 0 Å². The molecule has 0 amide bonds. The first-order valence-corrected chi connectivity index (χ1v) is 11.4. The van der Waals surface area contributed by atoms with Crippen LogP contribution in [0.5, 0.6) is 0 Å². The van der Waals surface area contributed by atoms with E-state index in [1.165, 1.54) is 4.31 Å². The van der Waals surface area contributed by atoms with E-state index in [4.69, 9.17) is 0 Å². The van der Waals surface area contributed by atoms with Gasteiger partial charge in [-0.15, -0.1) is 0 Å². The maximum absolute atomic E-state index is 13.5. The number of aromatic nitrogens is 3. The quantitative estimate of drug-likeness (QED) is 0.626. The first-order chi connectivity index (χ1) is 15.2. The number of sulfonamides is 1. The van der Waals surface area contributed by atoms with E-state index in [1.807, 2.05) is 24.0 Å². The van der Waals surface area contributed by atoms with E-state index in [9.17, 15) is 17.2 Å². The molecule has 32 heavy (non-hydrogen) atoms.